The van der Waals surface area contributed by atoms with Crippen molar-refractivity contribution in [3.8, 4) is 0 Å². The van der Waals surface area contributed by atoms with Crippen molar-refractivity contribution in [2.75, 3.05) is 4.72 Å². The van der Waals surface area contributed by atoms with Gasteiger partial charge in [-0.2, -0.15) is 0 Å². The van der Waals surface area contributed by atoms with Crippen LogP contribution in [0.1, 0.15) is 30.4 Å². The van der Waals surface area contributed by atoms with Gasteiger partial charge in [-0.15, -0.1) is 0 Å². The topological polar surface area (TPSA) is 96.4 Å². The molecule has 0 saturated heterocycles. The molecule has 0 spiro atoms. The minimum absolute atomic E-state index is 0.0349. The van der Waals surface area contributed by atoms with Gasteiger partial charge in [-0.1, -0.05) is 24.3 Å². The summed E-state index contributed by atoms with van der Waals surface area (Å²) in [7, 11) is -3.84. The Balaban J connectivity index is 1.81. The van der Waals surface area contributed by atoms with E-state index in [9.17, 15) is 17.6 Å². The van der Waals surface area contributed by atoms with Crippen LogP contribution in [0, 0.1) is 5.82 Å². The van der Waals surface area contributed by atoms with Gasteiger partial charge in [-0.3, -0.25) is 14.5 Å². The van der Waals surface area contributed by atoms with Crippen molar-refractivity contribution < 1.29 is 22.7 Å². The summed E-state index contributed by atoms with van der Waals surface area (Å²) in [5, 5.41) is 8.83. The zero-order valence-electron chi connectivity index (χ0n) is 16.5. The van der Waals surface area contributed by atoms with E-state index in [2.05, 4.69) is 9.71 Å². The van der Waals surface area contributed by atoms with E-state index in [0.29, 0.717) is 18.5 Å². The summed E-state index contributed by atoms with van der Waals surface area (Å²) in [6.45, 7) is 0. The van der Waals surface area contributed by atoms with Crippen LogP contribution in [0.2, 0.25) is 0 Å². The second-order valence-corrected chi connectivity index (χ2v) is 8.46. The fourth-order valence-corrected chi connectivity index (χ4v) is 4.03. The van der Waals surface area contributed by atoms with E-state index in [1.807, 2.05) is 18.2 Å². The highest BCUT2D eigenvalue weighted by Crippen LogP contribution is 2.26. The molecule has 3 rings (SSSR count). The Morgan fingerprint density at radius 1 is 1.03 bits per heavy atom. The maximum Gasteiger partial charge on any atom is 0.303 e. The average molecular weight is 440 g/mol. The molecular weight excluding hydrogens is 419 g/mol. The number of pyridine rings is 1. The van der Waals surface area contributed by atoms with E-state index < -0.39 is 21.8 Å². The Hall–Kier alpha value is -3.52. The summed E-state index contributed by atoms with van der Waals surface area (Å²) in [6, 6.07) is 15.1. The van der Waals surface area contributed by atoms with E-state index in [1.54, 1.807) is 36.7 Å². The lowest BCUT2D eigenvalue weighted by atomic mass is 9.97. The van der Waals surface area contributed by atoms with Gasteiger partial charge in [0.05, 0.1) is 4.90 Å². The summed E-state index contributed by atoms with van der Waals surface area (Å²) in [6.07, 6.45) is 6.51. The SMILES string of the molecule is O=C(O)CCC/C=C(/c1ccc(NS(=O)(=O)c2ccc(F)cc2)cc1)c1cccnc1. The number of benzene rings is 2. The third-order valence-electron chi connectivity index (χ3n) is 4.49. The van der Waals surface area contributed by atoms with Gasteiger partial charge in [0, 0.05) is 30.1 Å². The molecule has 0 fully saturated rings. The molecule has 0 atom stereocenters. The quantitative estimate of drug-likeness (QED) is 0.470. The number of nitrogens with zero attached hydrogens (tertiary/aromatic N) is 1. The van der Waals surface area contributed by atoms with Crippen molar-refractivity contribution in [2.45, 2.75) is 24.2 Å². The van der Waals surface area contributed by atoms with Crippen molar-refractivity contribution in [3.63, 3.8) is 0 Å². The highest BCUT2D eigenvalue weighted by molar-refractivity contribution is 7.92. The molecule has 0 aliphatic rings. The van der Waals surface area contributed by atoms with Gasteiger partial charge in [-0.25, -0.2) is 12.8 Å². The number of unbranched alkanes of at least 4 members (excludes halogenated alkanes) is 1. The Kier molecular flexibility index (Phi) is 7.15. The Morgan fingerprint density at radius 2 is 1.74 bits per heavy atom. The minimum Gasteiger partial charge on any atom is -0.481 e. The van der Waals surface area contributed by atoms with Gasteiger partial charge in [-0.05, 0) is 66.4 Å². The first-order valence-electron chi connectivity index (χ1n) is 9.56. The van der Waals surface area contributed by atoms with E-state index in [0.717, 1.165) is 28.8 Å². The van der Waals surface area contributed by atoms with Crippen LogP contribution in [-0.4, -0.2) is 24.5 Å². The van der Waals surface area contributed by atoms with Gasteiger partial charge < -0.3 is 5.11 Å². The summed E-state index contributed by atoms with van der Waals surface area (Å²) in [5.41, 5.74) is 2.96. The van der Waals surface area contributed by atoms with Crippen molar-refractivity contribution in [3.05, 3.63) is 96.1 Å². The van der Waals surface area contributed by atoms with Crippen LogP contribution in [0.3, 0.4) is 0 Å². The zero-order chi connectivity index (χ0) is 22.3. The van der Waals surface area contributed by atoms with Gasteiger partial charge in [0.15, 0.2) is 0 Å². The maximum atomic E-state index is 13.1. The minimum atomic E-state index is -3.84. The number of nitrogens with one attached hydrogen (secondary N) is 1. The number of carboxylic acid groups (broad SMARTS) is 1. The van der Waals surface area contributed by atoms with Crippen LogP contribution in [0.5, 0.6) is 0 Å². The molecule has 0 amide bonds. The van der Waals surface area contributed by atoms with Crippen molar-refractivity contribution in [2.24, 2.45) is 0 Å². The molecule has 0 saturated carbocycles. The lowest BCUT2D eigenvalue weighted by molar-refractivity contribution is -0.137. The molecule has 1 heterocycles. The summed E-state index contributed by atoms with van der Waals surface area (Å²) >= 11 is 0. The number of carboxylic acids is 1. The summed E-state index contributed by atoms with van der Waals surface area (Å²) in [4.78, 5) is 14.9. The molecule has 1 aromatic heterocycles. The number of aliphatic carboxylic acids is 1. The molecule has 3 aromatic rings. The van der Waals surface area contributed by atoms with Gasteiger partial charge in [0.25, 0.3) is 10.0 Å². The predicted molar refractivity (Wildman–Crippen MR) is 116 cm³/mol. The monoisotopic (exact) mass is 440 g/mol. The van der Waals surface area contributed by atoms with Crippen LogP contribution in [0.4, 0.5) is 10.1 Å². The van der Waals surface area contributed by atoms with E-state index >= 15 is 0 Å². The lowest BCUT2D eigenvalue weighted by Crippen LogP contribution is -2.12. The fourth-order valence-electron chi connectivity index (χ4n) is 2.97. The van der Waals surface area contributed by atoms with Crippen LogP contribution >= 0.6 is 0 Å². The van der Waals surface area contributed by atoms with Gasteiger partial charge in [0.2, 0.25) is 0 Å². The largest absolute Gasteiger partial charge is 0.481 e. The number of rotatable bonds is 9. The molecule has 8 heteroatoms. The van der Waals surface area contributed by atoms with Crippen molar-refractivity contribution >= 4 is 27.3 Å². The number of anilines is 1. The molecule has 2 aromatic carbocycles. The predicted octanol–water partition coefficient (Wildman–Crippen LogP) is 4.71. The lowest BCUT2D eigenvalue weighted by Gasteiger charge is -2.11. The molecule has 0 unspecified atom stereocenters. The Labute approximate surface area is 180 Å². The summed E-state index contributed by atoms with van der Waals surface area (Å²) in [5.74, 6) is -1.35. The highest BCUT2D eigenvalue weighted by Gasteiger charge is 2.14. The smallest absolute Gasteiger partial charge is 0.303 e. The molecule has 31 heavy (non-hydrogen) atoms. The molecule has 0 radical (unpaired) electrons. The second-order valence-electron chi connectivity index (χ2n) is 6.78. The molecule has 0 aliphatic carbocycles. The van der Waals surface area contributed by atoms with Crippen LogP contribution in [0.25, 0.3) is 5.57 Å². The number of carbonyl (C=O) groups is 1. The number of halogens is 1. The average Bonchev–Trinajstić information content (AvgIpc) is 2.75. The number of hydrogen-bond donors (Lipinski definition) is 2. The van der Waals surface area contributed by atoms with E-state index in [1.165, 1.54) is 12.1 Å². The third kappa shape index (κ3) is 6.23. The Bertz CT molecular complexity index is 1160. The number of allylic oxidation sites excluding steroid dienone is 1. The molecule has 160 valence electrons. The highest BCUT2D eigenvalue weighted by atomic mass is 32.2. The second kappa shape index (κ2) is 9.99. The van der Waals surface area contributed by atoms with Crippen molar-refractivity contribution in [1.82, 2.24) is 4.98 Å². The van der Waals surface area contributed by atoms with E-state index in [-0.39, 0.29) is 11.3 Å². The molecule has 0 aliphatic heterocycles. The van der Waals surface area contributed by atoms with Crippen LogP contribution in [0.15, 0.2) is 84.0 Å². The number of aromatic nitrogens is 1. The first-order chi connectivity index (χ1) is 14.8. The third-order valence-corrected chi connectivity index (χ3v) is 5.89. The molecular formula is C23H21FN2O4S. The standard InChI is InChI=1S/C23H21FN2O4S/c24-19-9-13-21(14-10-19)31(29,30)26-20-11-7-17(8-12-20)22(5-1-2-6-23(27)28)18-4-3-15-25-16-18/h3-5,7-16,26H,1-2,6H2,(H,27,28)/b22-5-. The number of hydrogen-bond acceptors (Lipinski definition) is 4. The molecule has 0 bridgehead atoms. The fraction of sp³-hybridized carbons (Fsp3) is 0.130. The maximum absolute atomic E-state index is 13.1. The van der Waals surface area contributed by atoms with Crippen LogP contribution in [-0.2, 0) is 14.8 Å². The normalized spacial score (nSPS) is 11.8. The first kappa shape index (κ1) is 22.2. The summed E-state index contributed by atoms with van der Waals surface area (Å²) < 4.78 is 40.5. The zero-order valence-corrected chi connectivity index (χ0v) is 17.3. The van der Waals surface area contributed by atoms with Gasteiger partial charge in [0.1, 0.15) is 5.82 Å². The van der Waals surface area contributed by atoms with Crippen LogP contribution < -0.4 is 4.72 Å². The Morgan fingerprint density at radius 3 is 2.35 bits per heavy atom. The molecule has 6 nitrogen and oxygen atoms in total. The van der Waals surface area contributed by atoms with E-state index in [4.69, 9.17) is 5.11 Å². The first-order valence-corrected chi connectivity index (χ1v) is 11.0. The molecule has 2 N–H and O–H groups in total. The number of sulfonamides is 1. The van der Waals surface area contributed by atoms with Crippen molar-refractivity contribution in [1.29, 1.82) is 0 Å². The van der Waals surface area contributed by atoms with Gasteiger partial charge >= 0.3 is 5.97 Å².